The van der Waals surface area contributed by atoms with Gasteiger partial charge in [-0.05, 0) is 18.4 Å². The highest BCUT2D eigenvalue weighted by Crippen LogP contribution is 2.27. The van der Waals surface area contributed by atoms with Crippen molar-refractivity contribution in [2.24, 2.45) is 11.1 Å². The summed E-state index contributed by atoms with van der Waals surface area (Å²) in [7, 11) is 1.85. The van der Waals surface area contributed by atoms with E-state index < -0.39 is 5.41 Å². The van der Waals surface area contributed by atoms with Crippen LogP contribution in [-0.2, 0) is 11.3 Å². The van der Waals surface area contributed by atoms with Crippen LogP contribution in [0.1, 0.15) is 32.3 Å². The average Bonchev–Trinajstić information content (AvgIpc) is 2.42. The van der Waals surface area contributed by atoms with Gasteiger partial charge < -0.3 is 10.6 Å². The lowest BCUT2D eigenvalue weighted by molar-refractivity contribution is -0.141. The molecule has 2 N–H and O–H groups in total. The van der Waals surface area contributed by atoms with Gasteiger partial charge in [0.05, 0.1) is 5.41 Å². The van der Waals surface area contributed by atoms with Gasteiger partial charge in [-0.3, -0.25) is 4.79 Å². The Balaban J connectivity index is 2.77. The van der Waals surface area contributed by atoms with Crippen LogP contribution in [0.15, 0.2) is 30.3 Å². The Labute approximate surface area is 110 Å². The third-order valence-corrected chi connectivity index (χ3v) is 3.81. The zero-order valence-corrected chi connectivity index (χ0v) is 11.6. The first-order valence-electron chi connectivity index (χ1n) is 6.59. The summed E-state index contributed by atoms with van der Waals surface area (Å²) in [4.78, 5) is 14.3. The van der Waals surface area contributed by atoms with Crippen LogP contribution in [0, 0.1) is 5.41 Å². The second kappa shape index (κ2) is 6.55. The van der Waals surface area contributed by atoms with Crippen LogP contribution < -0.4 is 5.73 Å². The quantitative estimate of drug-likeness (QED) is 0.840. The molecule has 100 valence electrons. The van der Waals surface area contributed by atoms with Crippen LogP contribution in [0.3, 0.4) is 0 Å². The first kappa shape index (κ1) is 14.7. The molecule has 0 spiro atoms. The van der Waals surface area contributed by atoms with Crippen molar-refractivity contribution >= 4 is 5.91 Å². The molecule has 1 aromatic carbocycles. The number of amides is 1. The molecule has 0 fully saturated rings. The van der Waals surface area contributed by atoms with Crippen molar-refractivity contribution in [2.75, 3.05) is 13.6 Å². The van der Waals surface area contributed by atoms with Crippen LogP contribution in [-0.4, -0.2) is 24.4 Å². The van der Waals surface area contributed by atoms with Crippen LogP contribution >= 0.6 is 0 Å². The monoisotopic (exact) mass is 248 g/mol. The maximum absolute atomic E-state index is 12.5. The Morgan fingerprint density at radius 2 is 1.78 bits per heavy atom. The summed E-state index contributed by atoms with van der Waals surface area (Å²) >= 11 is 0. The number of carbonyl (C=O) groups is 1. The Kier molecular flexibility index (Phi) is 5.35. The van der Waals surface area contributed by atoms with E-state index in [0.29, 0.717) is 13.1 Å². The lowest BCUT2D eigenvalue weighted by Gasteiger charge is -2.33. The molecule has 1 aromatic rings. The van der Waals surface area contributed by atoms with E-state index in [9.17, 15) is 4.79 Å². The van der Waals surface area contributed by atoms with Gasteiger partial charge in [-0.2, -0.15) is 0 Å². The molecule has 18 heavy (non-hydrogen) atoms. The molecule has 0 radical (unpaired) electrons. The van der Waals surface area contributed by atoms with Gasteiger partial charge in [0.25, 0.3) is 0 Å². The standard InChI is InChI=1S/C15H24N2O/c1-4-15(5-2,12-16)14(18)17(3)11-13-9-7-6-8-10-13/h6-10H,4-5,11-12,16H2,1-3H3. The maximum Gasteiger partial charge on any atom is 0.230 e. The molecule has 3 heteroatoms. The van der Waals surface area contributed by atoms with Crippen LogP contribution in [0.5, 0.6) is 0 Å². The van der Waals surface area contributed by atoms with Crippen LogP contribution in [0.2, 0.25) is 0 Å². The summed E-state index contributed by atoms with van der Waals surface area (Å²) in [6, 6.07) is 10.0. The Hall–Kier alpha value is -1.35. The number of rotatable bonds is 6. The molecule has 0 aliphatic rings. The second-order valence-electron chi connectivity index (χ2n) is 4.84. The first-order chi connectivity index (χ1) is 8.59. The summed E-state index contributed by atoms with van der Waals surface area (Å²) in [5, 5.41) is 0. The highest BCUT2D eigenvalue weighted by Gasteiger charge is 2.35. The summed E-state index contributed by atoms with van der Waals surface area (Å²) in [6.45, 7) is 5.12. The Morgan fingerprint density at radius 3 is 2.22 bits per heavy atom. The van der Waals surface area contributed by atoms with Gasteiger partial charge >= 0.3 is 0 Å². The van der Waals surface area contributed by atoms with E-state index in [1.165, 1.54) is 0 Å². The topological polar surface area (TPSA) is 46.3 Å². The zero-order valence-electron chi connectivity index (χ0n) is 11.6. The summed E-state index contributed by atoms with van der Waals surface area (Å²) < 4.78 is 0. The third kappa shape index (κ3) is 3.10. The van der Waals surface area contributed by atoms with Gasteiger partial charge in [-0.25, -0.2) is 0 Å². The summed E-state index contributed by atoms with van der Waals surface area (Å²) in [5.41, 5.74) is 6.56. The fraction of sp³-hybridized carbons (Fsp3) is 0.533. The molecule has 0 heterocycles. The molecule has 1 amide bonds. The normalized spacial score (nSPS) is 11.3. The predicted molar refractivity (Wildman–Crippen MR) is 75.0 cm³/mol. The van der Waals surface area contributed by atoms with Gasteiger partial charge in [0.15, 0.2) is 0 Å². The smallest absolute Gasteiger partial charge is 0.230 e. The fourth-order valence-corrected chi connectivity index (χ4v) is 2.26. The van der Waals surface area contributed by atoms with Crippen molar-refractivity contribution in [3.8, 4) is 0 Å². The van der Waals surface area contributed by atoms with Gasteiger partial charge in [0, 0.05) is 20.1 Å². The molecule has 0 saturated heterocycles. The minimum atomic E-state index is -0.399. The van der Waals surface area contributed by atoms with E-state index in [0.717, 1.165) is 18.4 Å². The fourth-order valence-electron chi connectivity index (χ4n) is 2.26. The average molecular weight is 248 g/mol. The number of carbonyl (C=O) groups excluding carboxylic acids is 1. The second-order valence-corrected chi connectivity index (χ2v) is 4.84. The van der Waals surface area contributed by atoms with E-state index in [-0.39, 0.29) is 5.91 Å². The summed E-state index contributed by atoms with van der Waals surface area (Å²) in [5.74, 6) is 0.152. The zero-order chi connectivity index (χ0) is 13.6. The van der Waals surface area contributed by atoms with Crippen molar-refractivity contribution in [3.63, 3.8) is 0 Å². The number of nitrogens with two attached hydrogens (primary N) is 1. The van der Waals surface area contributed by atoms with Crippen molar-refractivity contribution in [1.82, 2.24) is 4.90 Å². The molecule has 1 rings (SSSR count). The minimum Gasteiger partial charge on any atom is -0.341 e. The van der Waals surface area contributed by atoms with E-state index in [4.69, 9.17) is 5.73 Å². The molecule has 3 nitrogen and oxygen atoms in total. The van der Waals surface area contributed by atoms with Gasteiger partial charge in [-0.1, -0.05) is 44.2 Å². The van der Waals surface area contributed by atoms with Crippen molar-refractivity contribution in [3.05, 3.63) is 35.9 Å². The maximum atomic E-state index is 12.5. The SMILES string of the molecule is CCC(CC)(CN)C(=O)N(C)Cc1ccccc1. The third-order valence-electron chi connectivity index (χ3n) is 3.81. The molecule has 0 saturated carbocycles. The molecule has 0 aromatic heterocycles. The molecule has 0 unspecified atom stereocenters. The molecule has 0 atom stereocenters. The molecule has 0 aliphatic heterocycles. The predicted octanol–water partition coefficient (Wildman–Crippen LogP) is 2.41. The van der Waals surface area contributed by atoms with E-state index in [2.05, 4.69) is 0 Å². The van der Waals surface area contributed by atoms with Crippen molar-refractivity contribution in [2.45, 2.75) is 33.2 Å². The molecular formula is C15H24N2O. The minimum absolute atomic E-state index is 0.152. The van der Waals surface area contributed by atoms with Crippen molar-refractivity contribution < 1.29 is 4.79 Å². The molecule has 0 aliphatic carbocycles. The largest absolute Gasteiger partial charge is 0.341 e. The van der Waals surface area contributed by atoms with Gasteiger partial charge in [0.1, 0.15) is 0 Å². The summed E-state index contributed by atoms with van der Waals surface area (Å²) in [6.07, 6.45) is 1.58. The number of hydrogen-bond acceptors (Lipinski definition) is 2. The van der Waals surface area contributed by atoms with E-state index in [1.807, 2.05) is 51.2 Å². The Bertz CT molecular complexity index is 363. The molecule has 0 bridgehead atoms. The van der Waals surface area contributed by atoms with E-state index in [1.54, 1.807) is 4.90 Å². The van der Waals surface area contributed by atoms with Gasteiger partial charge in [0.2, 0.25) is 5.91 Å². The van der Waals surface area contributed by atoms with Crippen molar-refractivity contribution in [1.29, 1.82) is 0 Å². The van der Waals surface area contributed by atoms with E-state index >= 15 is 0 Å². The highest BCUT2D eigenvalue weighted by atomic mass is 16.2. The number of benzene rings is 1. The first-order valence-corrected chi connectivity index (χ1v) is 6.59. The highest BCUT2D eigenvalue weighted by molar-refractivity contribution is 5.82. The number of nitrogens with zero attached hydrogens (tertiary/aromatic N) is 1. The molecular weight excluding hydrogens is 224 g/mol. The Morgan fingerprint density at radius 1 is 1.22 bits per heavy atom. The van der Waals surface area contributed by atoms with Gasteiger partial charge in [-0.15, -0.1) is 0 Å². The van der Waals surface area contributed by atoms with Crippen LogP contribution in [0.25, 0.3) is 0 Å². The van der Waals surface area contributed by atoms with Crippen LogP contribution in [0.4, 0.5) is 0 Å². The lowest BCUT2D eigenvalue weighted by Crippen LogP contribution is -2.45. The number of hydrogen-bond donors (Lipinski definition) is 1. The lowest BCUT2D eigenvalue weighted by atomic mass is 9.81.